The number of nitrogens with two attached hydrogens (primary N) is 2. The number of nitrogens with zero attached hydrogens (tertiary/aromatic N) is 2. The summed E-state index contributed by atoms with van der Waals surface area (Å²) in [6, 6.07) is 7.44. The van der Waals surface area contributed by atoms with Gasteiger partial charge in [0, 0.05) is 24.3 Å². The highest BCUT2D eigenvalue weighted by atomic mass is 15.2. The molecular formula is C12H15N5. The zero-order valence-corrected chi connectivity index (χ0v) is 9.38. The highest BCUT2D eigenvalue weighted by Gasteiger charge is 2.12. The van der Waals surface area contributed by atoms with Crippen LogP contribution in [0, 0.1) is 0 Å². The molecular weight excluding hydrogens is 214 g/mol. The molecule has 2 aromatic rings. The smallest absolute Gasteiger partial charge is 0.0673 e. The fraction of sp³-hybridized carbons (Fsp3) is 0.167. The SMILES string of the molecule is NNC(Cc1cnccc1N)c1ccccn1. The summed E-state index contributed by atoms with van der Waals surface area (Å²) in [5, 5.41) is 0. The van der Waals surface area contributed by atoms with E-state index in [0.29, 0.717) is 6.42 Å². The number of nitrogens with one attached hydrogen (secondary N) is 1. The summed E-state index contributed by atoms with van der Waals surface area (Å²) in [7, 11) is 0. The van der Waals surface area contributed by atoms with E-state index < -0.39 is 0 Å². The van der Waals surface area contributed by atoms with Crippen molar-refractivity contribution in [3.63, 3.8) is 0 Å². The van der Waals surface area contributed by atoms with Gasteiger partial charge in [-0.15, -0.1) is 0 Å². The van der Waals surface area contributed by atoms with Crippen molar-refractivity contribution in [3.8, 4) is 0 Å². The summed E-state index contributed by atoms with van der Waals surface area (Å²) in [6.07, 6.45) is 5.83. The first-order valence-corrected chi connectivity index (χ1v) is 5.36. The summed E-state index contributed by atoms with van der Waals surface area (Å²) in [5.41, 5.74) is 11.2. The van der Waals surface area contributed by atoms with Gasteiger partial charge in [0.25, 0.3) is 0 Å². The number of rotatable bonds is 4. The second-order valence-corrected chi connectivity index (χ2v) is 3.75. The van der Waals surface area contributed by atoms with E-state index in [9.17, 15) is 0 Å². The van der Waals surface area contributed by atoms with Gasteiger partial charge in [-0.05, 0) is 30.2 Å². The summed E-state index contributed by atoms with van der Waals surface area (Å²) < 4.78 is 0. The molecule has 0 aliphatic rings. The molecule has 5 heteroatoms. The van der Waals surface area contributed by atoms with Crippen molar-refractivity contribution in [2.45, 2.75) is 12.5 Å². The molecule has 88 valence electrons. The van der Waals surface area contributed by atoms with Gasteiger partial charge in [0.1, 0.15) is 0 Å². The lowest BCUT2D eigenvalue weighted by atomic mass is 10.0. The van der Waals surface area contributed by atoms with Crippen LogP contribution in [0.5, 0.6) is 0 Å². The van der Waals surface area contributed by atoms with Crippen LogP contribution >= 0.6 is 0 Å². The van der Waals surface area contributed by atoms with Crippen molar-refractivity contribution in [1.29, 1.82) is 0 Å². The van der Waals surface area contributed by atoms with E-state index in [4.69, 9.17) is 11.6 Å². The minimum Gasteiger partial charge on any atom is -0.398 e. The van der Waals surface area contributed by atoms with Gasteiger partial charge in [-0.3, -0.25) is 21.2 Å². The lowest BCUT2D eigenvalue weighted by Gasteiger charge is -2.15. The van der Waals surface area contributed by atoms with Crippen LogP contribution in [0.4, 0.5) is 5.69 Å². The van der Waals surface area contributed by atoms with Crippen LogP contribution in [-0.2, 0) is 6.42 Å². The maximum Gasteiger partial charge on any atom is 0.0673 e. The molecule has 1 atom stereocenters. The highest BCUT2D eigenvalue weighted by molar-refractivity contribution is 5.44. The van der Waals surface area contributed by atoms with Crippen LogP contribution in [0.1, 0.15) is 17.3 Å². The van der Waals surface area contributed by atoms with E-state index >= 15 is 0 Å². The Morgan fingerprint density at radius 2 is 2.12 bits per heavy atom. The summed E-state index contributed by atoms with van der Waals surface area (Å²) in [4.78, 5) is 8.33. The molecule has 0 aliphatic heterocycles. The first-order valence-electron chi connectivity index (χ1n) is 5.36. The first kappa shape index (κ1) is 11.5. The molecule has 5 N–H and O–H groups in total. The Morgan fingerprint density at radius 3 is 2.76 bits per heavy atom. The second kappa shape index (κ2) is 5.38. The van der Waals surface area contributed by atoms with E-state index in [0.717, 1.165) is 16.9 Å². The van der Waals surface area contributed by atoms with E-state index in [1.165, 1.54) is 0 Å². The van der Waals surface area contributed by atoms with Crippen molar-refractivity contribution in [1.82, 2.24) is 15.4 Å². The third-order valence-corrected chi connectivity index (χ3v) is 2.61. The van der Waals surface area contributed by atoms with Gasteiger partial charge < -0.3 is 5.73 Å². The molecule has 2 aromatic heterocycles. The number of hydrogen-bond donors (Lipinski definition) is 3. The molecule has 0 aliphatic carbocycles. The Kier molecular flexibility index (Phi) is 3.64. The Morgan fingerprint density at radius 1 is 1.24 bits per heavy atom. The fourth-order valence-corrected chi connectivity index (χ4v) is 1.66. The molecule has 17 heavy (non-hydrogen) atoms. The van der Waals surface area contributed by atoms with Crippen molar-refractivity contribution >= 4 is 5.69 Å². The van der Waals surface area contributed by atoms with E-state index in [1.54, 1.807) is 24.7 Å². The molecule has 1 unspecified atom stereocenters. The molecule has 2 heterocycles. The second-order valence-electron chi connectivity index (χ2n) is 3.75. The molecule has 0 spiro atoms. The third kappa shape index (κ3) is 2.77. The normalized spacial score (nSPS) is 12.3. The molecule has 5 nitrogen and oxygen atoms in total. The number of hydrazine groups is 1. The first-order chi connectivity index (χ1) is 8.31. The molecule has 0 aromatic carbocycles. The average molecular weight is 229 g/mol. The van der Waals surface area contributed by atoms with Crippen LogP contribution < -0.4 is 17.0 Å². The van der Waals surface area contributed by atoms with Gasteiger partial charge in [-0.1, -0.05) is 6.07 Å². The van der Waals surface area contributed by atoms with Crippen molar-refractivity contribution in [2.75, 3.05) is 5.73 Å². The maximum absolute atomic E-state index is 5.87. The van der Waals surface area contributed by atoms with E-state index in [2.05, 4.69) is 15.4 Å². The van der Waals surface area contributed by atoms with Crippen LogP contribution in [0.25, 0.3) is 0 Å². The molecule has 0 amide bonds. The van der Waals surface area contributed by atoms with E-state index in [1.807, 2.05) is 18.2 Å². The Labute approximate surface area is 99.9 Å². The number of aromatic nitrogens is 2. The monoisotopic (exact) mass is 229 g/mol. The highest BCUT2D eigenvalue weighted by Crippen LogP contribution is 2.18. The zero-order valence-electron chi connectivity index (χ0n) is 9.38. The van der Waals surface area contributed by atoms with Crippen molar-refractivity contribution in [2.24, 2.45) is 5.84 Å². The fourth-order valence-electron chi connectivity index (χ4n) is 1.66. The quantitative estimate of drug-likeness (QED) is 0.533. The van der Waals surface area contributed by atoms with Crippen molar-refractivity contribution in [3.05, 3.63) is 54.1 Å². The van der Waals surface area contributed by atoms with Gasteiger partial charge in [0.15, 0.2) is 0 Å². The summed E-state index contributed by atoms with van der Waals surface area (Å²) >= 11 is 0. The topological polar surface area (TPSA) is 89.8 Å². The Bertz CT molecular complexity index is 471. The number of nitrogen functional groups attached to an aromatic ring is 1. The summed E-state index contributed by atoms with van der Waals surface area (Å²) in [6.45, 7) is 0. The van der Waals surface area contributed by atoms with Gasteiger partial charge in [-0.25, -0.2) is 0 Å². The number of hydrogen-bond acceptors (Lipinski definition) is 5. The average Bonchev–Trinajstić information content (AvgIpc) is 2.39. The standard InChI is InChI=1S/C12H15N5/c13-10-4-6-15-8-9(10)7-12(17-14)11-3-1-2-5-16-11/h1-6,8,12,17H,7,14H2,(H2,13,15). The Balaban J connectivity index is 2.19. The van der Waals surface area contributed by atoms with Crippen LogP contribution in [0.15, 0.2) is 42.9 Å². The molecule has 0 saturated heterocycles. The number of anilines is 1. The predicted octanol–water partition coefficient (Wildman–Crippen LogP) is 0.806. The predicted molar refractivity (Wildman–Crippen MR) is 66.7 cm³/mol. The van der Waals surface area contributed by atoms with Crippen LogP contribution in [-0.4, -0.2) is 9.97 Å². The maximum atomic E-state index is 5.87. The molecule has 0 radical (unpaired) electrons. The van der Waals surface area contributed by atoms with Crippen LogP contribution in [0.3, 0.4) is 0 Å². The van der Waals surface area contributed by atoms with Crippen molar-refractivity contribution < 1.29 is 0 Å². The minimum atomic E-state index is -0.0669. The van der Waals surface area contributed by atoms with Gasteiger partial charge in [0.05, 0.1) is 11.7 Å². The lowest BCUT2D eigenvalue weighted by molar-refractivity contribution is 0.538. The van der Waals surface area contributed by atoms with Gasteiger partial charge >= 0.3 is 0 Å². The molecule has 0 saturated carbocycles. The number of pyridine rings is 2. The van der Waals surface area contributed by atoms with E-state index in [-0.39, 0.29) is 6.04 Å². The Hall–Kier alpha value is -1.98. The van der Waals surface area contributed by atoms with Gasteiger partial charge in [-0.2, -0.15) is 0 Å². The molecule has 0 bridgehead atoms. The summed E-state index contributed by atoms with van der Waals surface area (Å²) in [5.74, 6) is 5.55. The zero-order chi connectivity index (χ0) is 12.1. The lowest BCUT2D eigenvalue weighted by Crippen LogP contribution is -2.30. The third-order valence-electron chi connectivity index (χ3n) is 2.61. The van der Waals surface area contributed by atoms with Crippen LogP contribution in [0.2, 0.25) is 0 Å². The molecule has 2 rings (SSSR count). The van der Waals surface area contributed by atoms with Gasteiger partial charge in [0.2, 0.25) is 0 Å². The molecule has 0 fully saturated rings. The minimum absolute atomic E-state index is 0.0669. The largest absolute Gasteiger partial charge is 0.398 e.